The molecule has 3 N–H and O–H groups in total. The molecule has 0 heterocycles. The summed E-state index contributed by atoms with van der Waals surface area (Å²) in [6.45, 7) is 3.70. The molecule has 0 aliphatic carbocycles. The number of amides is 2. The van der Waals surface area contributed by atoms with Gasteiger partial charge in [-0.1, -0.05) is 97.1 Å². The zero-order chi connectivity index (χ0) is 21.4. The van der Waals surface area contributed by atoms with Gasteiger partial charge in [0.25, 0.3) is 0 Å². The molecule has 0 aliphatic heterocycles. The summed E-state index contributed by atoms with van der Waals surface area (Å²) in [6, 6.07) is 28.0. The Hall–Kier alpha value is -3.66. The van der Waals surface area contributed by atoms with Gasteiger partial charge in [0, 0.05) is 0 Å². The number of carbonyl (C=O) groups excluding carboxylic acids is 2. The summed E-state index contributed by atoms with van der Waals surface area (Å²) in [7, 11) is 0. The molecule has 30 heavy (non-hydrogen) atoms. The SMILES string of the molecule is C=CCC[C@H](NC(=O)C(c1ccccc1)(c1ccccc1)c1ccccc1)C(N)=O. The fourth-order valence-corrected chi connectivity index (χ4v) is 3.79. The molecule has 3 aromatic carbocycles. The van der Waals surface area contributed by atoms with Crippen LogP contribution < -0.4 is 11.1 Å². The zero-order valence-electron chi connectivity index (χ0n) is 16.8. The van der Waals surface area contributed by atoms with Crippen LogP contribution in [0.4, 0.5) is 0 Å². The smallest absolute Gasteiger partial charge is 0.240 e. The highest BCUT2D eigenvalue weighted by molar-refractivity contribution is 5.98. The first kappa shape index (κ1) is 21.1. The summed E-state index contributed by atoms with van der Waals surface area (Å²) >= 11 is 0. The Kier molecular flexibility index (Phi) is 6.81. The minimum Gasteiger partial charge on any atom is -0.368 e. The van der Waals surface area contributed by atoms with Crippen molar-refractivity contribution in [1.29, 1.82) is 0 Å². The Bertz CT molecular complexity index is 889. The lowest BCUT2D eigenvalue weighted by molar-refractivity contribution is -0.129. The highest BCUT2D eigenvalue weighted by Crippen LogP contribution is 2.39. The average Bonchev–Trinajstić information content (AvgIpc) is 2.79. The molecule has 0 aromatic heterocycles. The number of primary amides is 1. The summed E-state index contributed by atoms with van der Waals surface area (Å²) in [4.78, 5) is 26.1. The van der Waals surface area contributed by atoms with E-state index in [0.717, 1.165) is 16.7 Å². The van der Waals surface area contributed by atoms with E-state index in [0.29, 0.717) is 12.8 Å². The van der Waals surface area contributed by atoms with E-state index in [9.17, 15) is 9.59 Å². The molecule has 0 bridgehead atoms. The van der Waals surface area contributed by atoms with Gasteiger partial charge in [-0.2, -0.15) is 0 Å². The van der Waals surface area contributed by atoms with Gasteiger partial charge >= 0.3 is 0 Å². The van der Waals surface area contributed by atoms with Crippen LogP contribution in [-0.4, -0.2) is 17.9 Å². The average molecular weight is 399 g/mol. The van der Waals surface area contributed by atoms with E-state index >= 15 is 0 Å². The first-order valence-electron chi connectivity index (χ1n) is 9.98. The van der Waals surface area contributed by atoms with Gasteiger partial charge in [0.2, 0.25) is 11.8 Å². The fourth-order valence-electron chi connectivity index (χ4n) is 3.79. The summed E-state index contributed by atoms with van der Waals surface area (Å²) in [5, 5.41) is 2.93. The number of benzene rings is 3. The summed E-state index contributed by atoms with van der Waals surface area (Å²) in [5.74, 6) is -0.854. The Morgan fingerprint density at radius 2 is 1.23 bits per heavy atom. The Morgan fingerprint density at radius 1 is 0.833 bits per heavy atom. The van der Waals surface area contributed by atoms with Gasteiger partial charge in [-0.3, -0.25) is 9.59 Å². The lowest BCUT2D eigenvalue weighted by Crippen LogP contribution is -2.53. The van der Waals surface area contributed by atoms with Crippen LogP contribution in [0.25, 0.3) is 0 Å². The second-order valence-electron chi connectivity index (χ2n) is 7.14. The van der Waals surface area contributed by atoms with Gasteiger partial charge in [-0.05, 0) is 29.5 Å². The molecule has 0 spiro atoms. The molecular weight excluding hydrogens is 372 g/mol. The summed E-state index contributed by atoms with van der Waals surface area (Å²) in [5.41, 5.74) is 6.90. The summed E-state index contributed by atoms with van der Waals surface area (Å²) in [6.07, 6.45) is 2.68. The summed E-state index contributed by atoms with van der Waals surface area (Å²) < 4.78 is 0. The standard InChI is InChI=1S/C26H26N2O2/c1-2-3-19-23(24(27)29)28-25(30)26(20-13-7-4-8-14-20,21-15-9-5-10-16-21)22-17-11-6-12-18-22/h2,4-18,23H,1,3,19H2,(H2,27,29)(H,28,30)/t23-/m0/s1. The minimum absolute atomic E-state index is 0.293. The van der Waals surface area contributed by atoms with Crippen molar-refractivity contribution in [2.75, 3.05) is 0 Å². The van der Waals surface area contributed by atoms with Crippen LogP contribution in [0.1, 0.15) is 29.5 Å². The maximum Gasteiger partial charge on any atom is 0.240 e. The normalized spacial score (nSPS) is 12.0. The lowest BCUT2D eigenvalue weighted by Gasteiger charge is -2.35. The number of nitrogens with one attached hydrogen (secondary N) is 1. The fraction of sp³-hybridized carbons (Fsp3) is 0.154. The van der Waals surface area contributed by atoms with Gasteiger partial charge in [0.15, 0.2) is 0 Å². The number of allylic oxidation sites excluding steroid dienone is 1. The van der Waals surface area contributed by atoms with E-state index in [1.54, 1.807) is 6.08 Å². The lowest BCUT2D eigenvalue weighted by atomic mass is 9.68. The maximum atomic E-state index is 14.0. The molecule has 0 unspecified atom stereocenters. The van der Waals surface area contributed by atoms with Crippen LogP contribution in [0, 0.1) is 0 Å². The van der Waals surface area contributed by atoms with Gasteiger partial charge in [-0.15, -0.1) is 6.58 Å². The van der Waals surface area contributed by atoms with Crippen molar-refractivity contribution in [2.24, 2.45) is 5.73 Å². The third-order valence-corrected chi connectivity index (χ3v) is 5.27. The predicted octanol–water partition coefficient (Wildman–Crippen LogP) is 3.96. The molecule has 4 heteroatoms. The third-order valence-electron chi connectivity index (χ3n) is 5.27. The number of hydrogen-bond acceptors (Lipinski definition) is 2. The molecule has 3 rings (SSSR count). The second kappa shape index (κ2) is 9.70. The van der Waals surface area contributed by atoms with Crippen LogP contribution in [0.5, 0.6) is 0 Å². The quantitative estimate of drug-likeness (QED) is 0.423. The van der Waals surface area contributed by atoms with Crippen LogP contribution >= 0.6 is 0 Å². The highest BCUT2D eigenvalue weighted by atomic mass is 16.2. The third kappa shape index (κ3) is 4.18. The molecule has 0 aliphatic rings. The van der Waals surface area contributed by atoms with Crippen LogP contribution in [0.3, 0.4) is 0 Å². The van der Waals surface area contributed by atoms with E-state index in [1.807, 2.05) is 91.0 Å². The second-order valence-corrected chi connectivity index (χ2v) is 7.14. The van der Waals surface area contributed by atoms with Gasteiger partial charge in [-0.25, -0.2) is 0 Å². The van der Waals surface area contributed by atoms with Crippen molar-refractivity contribution in [3.63, 3.8) is 0 Å². The molecule has 4 nitrogen and oxygen atoms in total. The van der Waals surface area contributed by atoms with Crippen molar-refractivity contribution in [2.45, 2.75) is 24.3 Å². The Morgan fingerprint density at radius 3 is 1.57 bits per heavy atom. The van der Waals surface area contributed by atoms with Crippen LogP contribution in [-0.2, 0) is 15.0 Å². The topological polar surface area (TPSA) is 72.2 Å². The minimum atomic E-state index is -1.13. The highest BCUT2D eigenvalue weighted by Gasteiger charge is 2.44. The molecule has 0 saturated carbocycles. The first-order valence-corrected chi connectivity index (χ1v) is 9.98. The van der Waals surface area contributed by atoms with E-state index in [-0.39, 0.29) is 5.91 Å². The van der Waals surface area contributed by atoms with E-state index in [4.69, 9.17) is 5.73 Å². The number of carbonyl (C=O) groups is 2. The van der Waals surface area contributed by atoms with Gasteiger partial charge in [0.1, 0.15) is 11.5 Å². The van der Waals surface area contributed by atoms with Crippen LogP contribution in [0.2, 0.25) is 0 Å². The molecule has 0 radical (unpaired) electrons. The Balaban J connectivity index is 2.22. The number of nitrogens with two attached hydrogens (primary N) is 1. The number of hydrogen-bond donors (Lipinski definition) is 2. The number of rotatable bonds is 9. The van der Waals surface area contributed by atoms with E-state index in [1.165, 1.54) is 0 Å². The molecule has 0 fully saturated rings. The molecular formula is C26H26N2O2. The van der Waals surface area contributed by atoms with E-state index in [2.05, 4.69) is 11.9 Å². The molecule has 1 atom stereocenters. The van der Waals surface area contributed by atoms with Crippen molar-refractivity contribution in [3.8, 4) is 0 Å². The van der Waals surface area contributed by atoms with Gasteiger partial charge < -0.3 is 11.1 Å². The van der Waals surface area contributed by atoms with E-state index < -0.39 is 17.4 Å². The predicted molar refractivity (Wildman–Crippen MR) is 120 cm³/mol. The monoisotopic (exact) mass is 398 g/mol. The maximum absolute atomic E-state index is 14.0. The van der Waals surface area contributed by atoms with Crippen molar-refractivity contribution in [1.82, 2.24) is 5.32 Å². The molecule has 152 valence electrons. The van der Waals surface area contributed by atoms with Crippen LogP contribution in [0.15, 0.2) is 104 Å². The Labute approximate surface area is 177 Å². The van der Waals surface area contributed by atoms with Crippen molar-refractivity contribution < 1.29 is 9.59 Å². The molecule has 3 aromatic rings. The zero-order valence-corrected chi connectivity index (χ0v) is 16.8. The molecule has 2 amide bonds. The van der Waals surface area contributed by atoms with Gasteiger partial charge in [0.05, 0.1) is 0 Å². The van der Waals surface area contributed by atoms with Crippen molar-refractivity contribution in [3.05, 3.63) is 120 Å². The first-order chi connectivity index (χ1) is 14.6. The largest absolute Gasteiger partial charge is 0.368 e. The molecule has 0 saturated heterocycles. The van der Waals surface area contributed by atoms with Crippen molar-refractivity contribution >= 4 is 11.8 Å².